The zero-order chi connectivity index (χ0) is 14.5. The Bertz CT molecular complexity index is 587. The summed E-state index contributed by atoms with van der Waals surface area (Å²) >= 11 is 9.19. The van der Waals surface area contributed by atoms with Crippen molar-refractivity contribution in [1.29, 1.82) is 0 Å². The Morgan fingerprint density at radius 2 is 0.950 bits per heavy atom. The molecule has 0 radical (unpaired) electrons. The molecule has 0 aromatic heterocycles. The van der Waals surface area contributed by atoms with Crippen LogP contribution in [0.5, 0.6) is 0 Å². The Morgan fingerprint density at radius 3 is 1.20 bits per heavy atom. The maximum atomic E-state index is 4.60. The molecule has 100 valence electrons. The maximum absolute atomic E-state index is 4.60. The van der Waals surface area contributed by atoms with E-state index in [1.54, 1.807) is 0 Å². The predicted octanol–water partition coefficient (Wildman–Crippen LogP) is 5.66. The van der Waals surface area contributed by atoms with Crippen LogP contribution in [0, 0.1) is 0 Å². The normalized spacial score (nSPS) is 11.7. The first kappa shape index (κ1) is 14.8. The van der Waals surface area contributed by atoms with Crippen LogP contribution in [0.15, 0.2) is 61.7 Å². The Balaban J connectivity index is 2.37. The highest BCUT2D eigenvalue weighted by Crippen LogP contribution is 2.32. The molecule has 0 spiro atoms. The van der Waals surface area contributed by atoms with E-state index in [1.165, 1.54) is 0 Å². The highest BCUT2D eigenvalue weighted by molar-refractivity contribution is 7.96. The minimum atomic E-state index is 0.857. The second-order valence-corrected chi connectivity index (χ2v) is 5.24. The summed E-state index contributed by atoms with van der Waals surface area (Å²) in [6.07, 6.45) is 3.64. The molecule has 0 aliphatic rings. The molecular weight excluding hydrogens is 280 g/mol. The Hall–Kier alpha value is -1.64. The zero-order valence-electron chi connectivity index (χ0n) is 11.1. The fraction of sp³-hybridized carbons (Fsp3) is 0. The van der Waals surface area contributed by atoms with E-state index in [0.29, 0.717) is 0 Å². The van der Waals surface area contributed by atoms with Crippen LogP contribution in [-0.2, 0) is 0 Å². The topological polar surface area (TPSA) is 0 Å². The molecule has 2 aromatic carbocycles. The first-order chi connectivity index (χ1) is 9.65. The second kappa shape index (κ2) is 6.69. The molecule has 0 heterocycles. The minimum Gasteiger partial charge on any atom is -0.142 e. The average Bonchev–Trinajstić information content (AvgIpc) is 2.53. The van der Waals surface area contributed by atoms with E-state index >= 15 is 0 Å². The van der Waals surface area contributed by atoms with Gasteiger partial charge in [-0.25, -0.2) is 0 Å². The molecule has 20 heavy (non-hydrogen) atoms. The standard InChI is InChI=1S/C18H16S2/c1-3-13-5-9-15(10-6-13)17(19)18(20)16-11-7-14(4-2)8-12-16/h3-12,19-20H,1-2H2. The van der Waals surface area contributed by atoms with Crippen LogP contribution in [0.3, 0.4) is 0 Å². The quantitative estimate of drug-likeness (QED) is 0.528. The maximum Gasteiger partial charge on any atom is 0.0253 e. The van der Waals surface area contributed by atoms with Crippen LogP contribution in [0.2, 0.25) is 0 Å². The van der Waals surface area contributed by atoms with Crippen molar-refractivity contribution >= 4 is 47.2 Å². The fourth-order valence-corrected chi connectivity index (χ4v) is 2.38. The number of benzene rings is 2. The van der Waals surface area contributed by atoms with Gasteiger partial charge in [-0.05, 0) is 22.3 Å². The van der Waals surface area contributed by atoms with Gasteiger partial charge in [-0.3, -0.25) is 0 Å². The van der Waals surface area contributed by atoms with Crippen LogP contribution in [0.4, 0.5) is 0 Å². The van der Waals surface area contributed by atoms with Crippen molar-refractivity contribution in [2.45, 2.75) is 0 Å². The van der Waals surface area contributed by atoms with Crippen molar-refractivity contribution in [3.05, 3.63) is 83.9 Å². The Labute approximate surface area is 131 Å². The molecule has 0 unspecified atom stereocenters. The molecule has 2 heteroatoms. The van der Waals surface area contributed by atoms with Crippen molar-refractivity contribution in [3.8, 4) is 0 Å². The summed E-state index contributed by atoms with van der Waals surface area (Å²) < 4.78 is 0. The summed E-state index contributed by atoms with van der Waals surface area (Å²) in [6.45, 7) is 7.50. The number of hydrogen-bond donors (Lipinski definition) is 2. The van der Waals surface area contributed by atoms with Crippen molar-refractivity contribution < 1.29 is 0 Å². The summed E-state index contributed by atoms with van der Waals surface area (Å²) in [4.78, 5) is 1.71. The Morgan fingerprint density at radius 1 is 0.650 bits per heavy atom. The lowest BCUT2D eigenvalue weighted by atomic mass is 10.1. The molecule has 0 fully saturated rings. The van der Waals surface area contributed by atoms with E-state index in [2.05, 4.69) is 38.4 Å². The summed E-state index contributed by atoms with van der Waals surface area (Å²) in [6, 6.07) is 16.1. The largest absolute Gasteiger partial charge is 0.142 e. The van der Waals surface area contributed by atoms with E-state index in [9.17, 15) is 0 Å². The first-order valence-electron chi connectivity index (χ1n) is 6.23. The van der Waals surface area contributed by atoms with E-state index < -0.39 is 0 Å². The van der Waals surface area contributed by atoms with Crippen LogP contribution >= 0.6 is 25.3 Å². The van der Waals surface area contributed by atoms with Gasteiger partial charge in [0.25, 0.3) is 0 Å². The van der Waals surface area contributed by atoms with Gasteiger partial charge < -0.3 is 0 Å². The summed E-state index contributed by atoms with van der Waals surface area (Å²) in [5.74, 6) is 0. The van der Waals surface area contributed by atoms with Gasteiger partial charge in [0.2, 0.25) is 0 Å². The van der Waals surface area contributed by atoms with Crippen molar-refractivity contribution in [1.82, 2.24) is 0 Å². The molecule has 0 aliphatic carbocycles. The zero-order valence-corrected chi connectivity index (χ0v) is 12.9. The lowest BCUT2D eigenvalue weighted by Gasteiger charge is -2.08. The lowest BCUT2D eigenvalue weighted by molar-refractivity contribution is 1.60. The third-order valence-electron chi connectivity index (χ3n) is 3.06. The first-order valence-corrected chi connectivity index (χ1v) is 7.13. The molecular formula is C18H16S2. The molecule has 0 aliphatic heterocycles. The molecule has 2 aromatic rings. The SMILES string of the molecule is C=Cc1ccc(C(S)=C(S)c2ccc(C=C)cc2)cc1. The van der Waals surface area contributed by atoms with Gasteiger partial charge in [-0.2, -0.15) is 0 Å². The van der Waals surface area contributed by atoms with Gasteiger partial charge in [0.05, 0.1) is 0 Å². The number of thiol groups is 2. The smallest absolute Gasteiger partial charge is 0.0253 e. The summed E-state index contributed by atoms with van der Waals surface area (Å²) in [5.41, 5.74) is 4.25. The molecule has 0 saturated heterocycles. The molecule has 0 bridgehead atoms. The monoisotopic (exact) mass is 296 g/mol. The van der Waals surface area contributed by atoms with Gasteiger partial charge in [-0.1, -0.05) is 73.8 Å². The van der Waals surface area contributed by atoms with E-state index in [4.69, 9.17) is 0 Å². The van der Waals surface area contributed by atoms with E-state index in [1.807, 2.05) is 60.7 Å². The highest BCUT2D eigenvalue weighted by atomic mass is 32.1. The van der Waals surface area contributed by atoms with Crippen LogP contribution in [-0.4, -0.2) is 0 Å². The predicted molar refractivity (Wildman–Crippen MR) is 97.9 cm³/mol. The second-order valence-electron chi connectivity index (χ2n) is 4.35. The molecule has 0 N–H and O–H groups in total. The number of hydrogen-bond acceptors (Lipinski definition) is 2. The molecule has 0 atom stereocenters. The Kier molecular flexibility index (Phi) is 4.94. The minimum absolute atomic E-state index is 0.857. The van der Waals surface area contributed by atoms with Crippen LogP contribution in [0.1, 0.15) is 22.3 Å². The lowest BCUT2D eigenvalue weighted by Crippen LogP contribution is -1.84. The van der Waals surface area contributed by atoms with Gasteiger partial charge in [-0.15, -0.1) is 25.3 Å². The molecule has 0 saturated carbocycles. The fourth-order valence-electron chi connectivity index (χ4n) is 1.83. The third kappa shape index (κ3) is 3.27. The summed E-state index contributed by atoms with van der Waals surface area (Å²) in [7, 11) is 0. The van der Waals surface area contributed by atoms with Crippen molar-refractivity contribution in [2.24, 2.45) is 0 Å². The molecule has 0 amide bonds. The van der Waals surface area contributed by atoms with Crippen LogP contribution < -0.4 is 0 Å². The van der Waals surface area contributed by atoms with E-state index in [-0.39, 0.29) is 0 Å². The van der Waals surface area contributed by atoms with E-state index in [0.717, 1.165) is 32.1 Å². The molecule has 0 nitrogen and oxygen atoms in total. The molecule has 2 rings (SSSR count). The summed E-state index contributed by atoms with van der Waals surface area (Å²) in [5, 5.41) is 0. The number of rotatable bonds is 4. The van der Waals surface area contributed by atoms with Crippen molar-refractivity contribution in [2.75, 3.05) is 0 Å². The van der Waals surface area contributed by atoms with Crippen molar-refractivity contribution in [3.63, 3.8) is 0 Å². The highest BCUT2D eigenvalue weighted by Gasteiger charge is 2.05. The third-order valence-corrected chi connectivity index (χ3v) is 4.20. The van der Waals surface area contributed by atoms with Gasteiger partial charge >= 0.3 is 0 Å². The van der Waals surface area contributed by atoms with Gasteiger partial charge in [0, 0.05) is 9.81 Å². The average molecular weight is 296 g/mol. The van der Waals surface area contributed by atoms with Gasteiger partial charge in [0.15, 0.2) is 0 Å². The van der Waals surface area contributed by atoms with Crippen LogP contribution in [0.25, 0.3) is 22.0 Å². The van der Waals surface area contributed by atoms with Gasteiger partial charge in [0.1, 0.15) is 0 Å².